The van der Waals surface area contributed by atoms with Gasteiger partial charge in [0.15, 0.2) is 0 Å². The van der Waals surface area contributed by atoms with Crippen molar-refractivity contribution in [2.75, 3.05) is 11.4 Å². The zero-order valence-electron chi connectivity index (χ0n) is 19.4. The molecule has 0 N–H and O–H groups in total. The third-order valence-corrected chi connectivity index (χ3v) is 5.87. The summed E-state index contributed by atoms with van der Waals surface area (Å²) in [5.74, 6) is -4.37. The van der Waals surface area contributed by atoms with Gasteiger partial charge in [0.05, 0.1) is 6.42 Å². The minimum atomic E-state index is -5.81. The van der Waals surface area contributed by atoms with Crippen LogP contribution in [-0.2, 0) is 18.9 Å². The molecule has 3 aromatic rings. The van der Waals surface area contributed by atoms with E-state index in [2.05, 4.69) is 0 Å². The lowest BCUT2D eigenvalue weighted by Crippen LogP contribution is -2.34. The van der Waals surface area contributed by atoms with Crippen molar-refractivity contribution in [2.24, 2.45) is 0 Å². The van der Waals surface area contributed by atoms with Crippen molar-refractivity contribution < 1.29 is 39.9 Å². The number of hydrogen-bond donors (Lipinski definition) is 0. The number of alkyl halides is 8. The number of aryl methyl sites for hydroxylation is 1. The Morgan fingerprint density at radius 1 is 0.811 bits per heavy atom. The third kappa shape index (κ3) is 7.50. The minimum absolute atomic E-state index is 0.0137. The van der Waals surface area contributed by atoms with Gasteiger partial charge in [-0.05, 0) is 53.9 Å². The zero-order chi connectivity index (χ0) is 27.4. The second-order valence-electron chi connectivity index (χ2n) is 8.27. The second-order valence-corrected chi connectivity index (χ2v) is 8.67. The first-order valence-corrected chi connectivity index (χ1v) is 11.5. The molecule has 2 nitrogen and oxygen atoms in total. The van der Waals surface area contributed by atoms with Gasteiger partial charge in [0.1, 0.15) is 11.5 Å². The molecular weight excluding hydrogens is 530 g/mol. The number of anilines is 1. The van der Waals surface area contributed by atoms with Gasteiger partial charge in [-0.15, -0.1) is 0 Å². The number of ether oxygens (including phenoxy) is 1. The smallest absolute Gasteiger partial charge is 0.457 e. The number of halogens is 9. The quantitative estimate of drug-likeness (QED) is 0.246. The molecule has 0 aromatic heterocycles. The van der Waals surface area contributed by atoms with Gasteiger partial charge in [-0.1, -0.05) is 42.8 Å². The van der Waals surface area contributed by atoms with Crippen LogP contribution in [-0.4, -0.2) is 18.9 Å². The topological polar surface area (TPSA) is 12.5 Å². The molecule has 3 aromatic carbocycles. The van der Waals surface area contributed by atoms with Crippen molar-refractivity contribution in [3.8, 4) is 11.5 Å². The summed E-state index contributed by atoms with van der Waals surface area (Å²) < 4.78 is 111. The lowest BCUT2D eigenvalue weighted by Gasteiger charge is -2.27. The number of hydrogen-bond acceptors (Lipinski definition) is 2. The fourth-order valence-corrected chi connectivity index (χ4v) is 3.83. The molecule has 0 spiro atoms. The van der Waals surface area contributed by atoms with Gasteiger partial charge in [0.2, 0.25) is 0 Å². The fourth-order valence-electron chi connectivity index (χ4n) is 3.58. The van der Waals surface area contributed by atoms with Crippen LogP contribution in [0.15, 0.2) is 66.7 Å². The molecule has 3 rings (SSSR count). The van der Waals surface area contributed by atoms with E-state index in [0.29, 0.717) is 29.3 Å². The van der Waals surface area contributed by atoms with Crippen molar-refractivity contribution in [1.29, 1.82) is 0 Å². The summed E-state index contributed by atoms with van der Waals surface area (Å²) in [6.07, 6.45) is -10.9. The molecule has 0 radical (unpaired) electrons. The Kier molecular flexibility index (Phi) is 8.62. The van der Waals surface area contributed by atoms with Gasteiger partial charge in [-0.25, -0.2) is 0 Å². The standard InChI is InChI=1S/C26H22ClF8NO/c1-2-18-14-22(9-10-23(18)27)37-21-8-4-7-20(15-21)36(12-11-24(28,29)30)16-17-5-3-6-19(13-17)25(31,32)26(33,34)35/h3-10,13-15H,2,11-12,16H2,1H3. The zero-order valence-corrected chi connectivity index (χ0v) is 20.2. The van der Waals surface area contributed by atoms with Crippen molar-refractivity contribution in [2.45, 2.75) is 44.6 Å². The van der Waals surface area contributed by atoms with E-state index < -0.39 is 36.8 Å². The molecule has 0 heterocycles. The Morgan fingerprint density at radius 3 is 2.14 bits per heavy atom. The van der Waals surface area contributed by atoms with Crippen LogP contribution in [0.1, 0.15) is 30.0 Å². The fraction of sp³-hybridized carbons (Fsp3) is 0.308. The largest absolute Gasteiger partial charge is 0.458 e. The first kappa shape index (κ1) is 28.6. The molecule has 37 heavy (non-hydrogen) atoms. The Bertz CT molecular complexity index is 1210. The highest BCUT2D eigenvalue weighted by molar-refractivity contribution is 6.31. The van der Waals surface area contributed by atoms with Crippen LogP contribution in [0.25, 0.3) is 0 Å². The monoisotopic (exact) mass is 551 g/mol. The molecule has 0 fully saturated rings. The van der Waals surface area contributed by atoms with Gasteiger partial charge >= 0.3 is 18.3 Å². The van der Waals surface area contributed by atoms with E-state index in [9.17, 15) is 35.1 Å². The van der Waals surface area contributed by atoms with Gasteiger partial charge in [-0.3, -0.25) is 0 Å². The number of nitrogens with zero attached hydrogens (tertiary/aromatic N) is 1. The predicted octanol–water partition coefficient (Wildman–Crippen LogP) is 9.31. The van der Waals surface area contributed by atoms with Crippen molar-refractivity contribution in [3.05, 3.63) is 88.4 Å². The molecule has 0 aliphatic carbocycles. The summed E-state index contributed by atoms with van der Waals surface area (Å²) in [7, 11) is 0. The van der Waals surface area contributed by atoms with Crippen LogP contribution in [0.3, 0.4) is 0 Å². The Morgan fingerprint density at radius 2 is 1.49 bits per heavy atom. The van der Waals surface area contributed by atoms with Crippen LogP contribution >= 0.6 is 11.6 Å². The van der Waals surface area contributed by atoms with Gasteiger partial charge in [-0.2, -0.15) is 35.1 Å². The first-order chi connectivity index (χ1) is 17.2. The highest BCUT2D eigenvalue weighted by Crippen LogP contribution is 2.44. The highest BCUT2D eigenvalue weighted by Gasteiger charge is 2.58. The lowest BCUT2D eigenvalue weighted by atomic mass is 10.0. The summed E-state index contributed by atoms with van der Waals surface area (Å²) in [4.78, 5) is 1.24. The van der Waals surface area contributed by atoms with E-state index >= 15 is 0 Å². The average molecular weight is 552 g/mol. The Balaban J connectivity index is 1.90. The summed E-state index contributed by atoms with van der Waals surface area (Å²) in [6, 6.07) is 14.6. The van der Waals surface area contributed by atoms with Crippen LogP contribution in [0.4, 0.5) is 40.8 Å². The molecule has 0 aliphatic rings. The first-order valence-electron chi connectivity index (χ1n) is 11.1. The second kappa shape index (κ2) is 11.2. The Hall–Kier alpha value is -3.01. The third-order valence-electron chi connectivity index (χ3n) is 5.50. The maximum absolute atomic E-state index is 13.8. The van der Waals surface area contributed by atoms with Crippen molar-refractivity contribution in [3.63, 3.8) is 0 Å². The van der Waals surface area contributed by atoms with Crippen LogP contribution in [0, 0.1) is 0 Å². The molecule has 0 aliphatic heterocycles. The molecule has 0 saturated heterocycles. The SMILES string of the molecule is CCc1cc(Oc2cccc(N(CCC(F)(F)F)Cc3cccc(C(F)(F)C(F)(F)F)c3)c2)ccc1Cl. The van der Waals surface area contributed by atoms with E-state index in [4.69, 9.17) is 16.3 Å². The average Bonchev–Trinajstić information content (AvgIpc) is 2.82. The summed E-state index contributed by atoms with van der Waals surface area (Å²) in [5.41, 5.74) is -0.211. The summed E-state index contributed by atoms with van der Waals surface area (Å²) in [5, 5.41) is 0.556. The maximum Gasteiger partial charge on any atom is 0.458 e. The van der Waals surface area contributed by atoms with E-state index in [1.807, 2.05) is 6.92 Å². The summed E-state index contributed by atoms with van der Waals surface area (Å²) >= 11 is 6.12. The van der Waals surface area contributed by atoms with Crippen molar-refractivity contribution in [1.82, 2.24) is 0 Å². The molecule has 0 unspecified atom stereocenters. The number of rotatable bonds is 9. The number of benzene rings is 3. The van der Waals surface area contributed by atoms with E-state index in [0.717, 1.165) is 11.6 Å². The van der Waals surface area contributed by atoms with Crippen LogP contribution < -0.4 is 9.64 Å². The van der Waals surface area contributed by atoms with Gasteiger partial charge < -0.3 is 9.64 Å². The normalized spacial score (nSPS) is 12.5. The minimum Gasteiger partial charge on any atom is -0.457 e. The molecule has 0 amide bonds. The van der Waals surface area contributed by atoms with Crippen molar-refractivity contribution >= 4 is 17.3 Å². The lowest BCUT2D eigenvalue weighted by molar-refractivity contribution is -0.289. The molecule has 0 saturated carbocycles. The Labute approximate surface area is 213 Å². The molecular formula is C26H22ClF8NO. The van der Waals surface area contributed by atoms with E-state index in [-0.39, 0.29) is 23.5 Å². The predicted molar refractivity (Wildman–Crippen MR) is 125 cm³/mol. The van der Waals surface area contributed by atoms with Crippen LogP contribution in [0.2, 0.25) is 5.02 Å². The molecule has 200 valence electrons. The molecule has 0 atom stereocenters. The molecule has 11 heteroatoms. The van der Waals surface area contributed by atoms with Crippen LogP contribution in [0.5, 0.6) is 11.5 Å². The molecule has 0 bridgehead atoms. The highest BCUT2D eigenvalue weighted by atomic mass is 35.5. The van der Waals surface area contributed by atoms with Gasteiger partial charge in [0, 0.05) is 35.4 Å². The van der Waals surface area contributed by atoms with E-state index in [1.165, 1.54) is 29.2 Å². The van der Waals surface area contributed by atoms with Gasteiger partial charge in [0.25, 0.3) is 0 Å². The summed E-state index contributed by atoms with van der Waals surface area (Å²) in [6.45, 7) is 1.000. The van der Waals surface area contributed by atoms with E-state index in [1.54, 1.807) is 24.3 Å². The maximum atomic E-state index is 13.8.